The first-order valence-corrected chi connectivity index (χ1v) is 8.73. The van der Waals surface area contributed by atoms with Gasteiger partial charge < -0.3 is 21.5 Å². The standard InChI is InChI=1S/C19H17F2N5O3/c1-8-2-12(20)14(23)4-15(8)26-7-11(19(28)29)16(27)10-3-13(21)18(24-17(10)26)25-5-9(22)6-25/h2-4,7,9H,5-6,22-23H2,1H3,(H,28,29). The monoisotopic (exact) mass is 401 g/mol. The first-order chi connectivity index (χ1) is 13.7. The SMILES string of the molecule is Cc1cc(F)c(N)cc1-n1cc(C(=O)O)c(=O)c2cc(F)c(N3CC(N)C3)nc21. The van der Waals surface area contributed by atoms with Gasteiger partial charge in [-0.1, -0.05) is 0 Å². The Morgan fingerprint density at radius 2 is 1.93 bits per heavy atom. The van der Waals surface area contributed by atoms with Crippen LogP contribution in [0.4, 0.5) is 20.3 Å². The van der Waals surface area contributed by atoms with Gasteiger partial charge in [0.1, 0.15) is 11.4 Å². The van der Waals surface area contributed by atoms with Gasteiger partial charge in [0.2, 0.25) is 5.43 Å². The molecule has 3 heterocycles. The van der Waals surface area contributed by atoms with Crippen LogP contribution in [0.3, 0.4) is 0 Å². The molecule has 150 valence electrons. The molecule has 4 rings (SSSR count). The minimum atomic E-state index is -1.48. The third-order valence-electron chi connectivity index (χ3n) is 4.93. The number of benzene rings is 1. The van der Waals surface area contributed by atoms with Crippen LogP contribution in [0.1, 0.15) is 15.9 Å². The number of aromatic carboxylic acids is 1. The third-order valence-corrected chi connectivity index (χ3v) is 4.93. The van der Waals surface area contributed by atoms with Crippen molar-refractivity contribution in [1.82, 2.24) is 9.55 Å². The van der Waals surface area contributed by atoms with Gasteiger partial charge in [0.15, 0.2) is 17.3 Å². The molecular formula is C19H17F2N5O3. The molecule has 1 fully saturated rings. The van der Waals surface area contributed by atoms with Gasteiger partial charge in [-0.3, -0.25) is 9.36 Å². The molecule has 5 N–H and O–H groups in total. The number of carbonyl (C=O) groups is 1. The van der Waals surface area contributed by atoms with Crippen molar-refractivity contribution in [3.05, 3.63) is 57.4 Å². The molecule has 0 atom stereocenters. The van der Waals surface area contributed by atoms with E-state index in [1.807, 2.05) is 0 Å². The third kappa shape index (κ3) is 2.97. The summed E-state index contributed by atoms with van der Waals surface area (Å²) in [4.78, 5) is 30.1. The maximum absolute atomic E-state index is 14.7. The Kier molecular flexibility index (Phi) is 4.23. The van der Waals surface area contributed by atoms with Crippen molar-refractivity contribution in [3.63, 3.8) is 0 Å². The van der Waals surface area contributed by atoms with E-state index in [4.69, 9.17) is 11.5 Å². The largest absolute Gasteiger partial charge is 0.477 e. The van der Waals surface area contributed by atoms with E-state index in [1.165, 1.54) is 16.7 Å². The van der Waals surface area contributed by atoms with E-state index in [2.05, 4.69) is 4.98 Å². The second-order valence-corrected chi connectivity index (χ2v) is 7.04. The molecule has 1 saturated heterocycles. The highest BCUT2D eigenvalue weighted by molar-refractivity contribution is 5.92. The summed E-state index contributed by atoms with van der Waals surface area (Å²) in [5.41, 5.74) is 10.6. The first-order valence-electron chi connectivity index (χ1n) is 8.73. The molecule has 0 spiro atoms. The van der Waals surface area contributed by atoms with Crippen molar-refractivity contribution < 1.29 is 18.7 Å². The summed E-state index contributed by atoms with van der Waals surface area (Å²) in [6, 6.07) is 3.36. The number of carboxylic acids is 1. The summed E-state index contributed by atoms with van der Waals surface area (Å²) in [6.07, 6.45) is 1.09. The summed E-state index contributed by atoms with van der Waals surface area (Å²) in [6.45, 7) is 2.39. The fraction of sp³-hybridized carbons (Fsp3) is 0.211. The minimum absolute atomic E-state index is 0.00293. The molecule has 0 unspecified atom stereocenters. The molecule has 10 heteroatoms. The van der Waals surface area contributed by atoms with Gasteiger partial charge >= 0.3 is 5.97 Å². The molecule has 1 aliphatic rings. The second-order valence-electron chi connectivity index (χ2n) is 7.04. The number of halogens is 2. The number of pyridine rings is 2. The van der Waals surface area contributed by atoms with Crippen LogP contribution in [0.2, 0.25) is 0 Å². The Hall–Kier alpha value is -3.53. The number of anilines is 2. The van der Waals surface area contributed by atoms with Crippen LogP contribution in [0.15, 0.2) is 29.2 Å². The molecule has 29 heavy (non-hydrogen) atoms. The predicted octanol–water partition coefficient (Wildman–Crippen LogP) is 1.40. The van der Waals surface area contributed by atoms with E-state index >= 15 is 0 Å². The number of hydrogen-bond donors (Lipinski definition) is 3. The molecule has 1 aliphatic heterocycles. The number of hydrogen-bond acceptors (Lipinski definition) is 6. The molecule has 1 aromatic carbocycles. The summed E-state index contributed by atoms with van der Waals surface area (Å²) >= 11 is 0. The van der Waals surface area contributed by atoms with Gasteiger partial charge in [0, 0.05) is 25.3 Å². The van der Waals surface area contributed by atoms with Crippen molar-refractivity contribution in [1.29, 1.82) is 0 Å². The first kappa shape index (κ1) is 18.8. The van der Waals surface area contributed by atoms with Crippen LogP contribution < -0.4 is 21.8 Å². The van der Waals surface area contributed by atoms with Gasteiger partial charge in [0.25, 0.3) is 0 Å². The maximum atomic E-state index is 14.7. The predicted molar refractivity (Wildman–Crippen MR) is 104 cm³/mol. The van der Waals surface area contributed by atoms with Crippen LogP contribution in [0.25, 0.3) is 16.7 Å². The zero-order valence-electron chi connectivity index (χ0n) is 15.3. The highest BCUT2D eigenvalue weighted by atomic mass is 19.1. The van der Waals surface area contributed by atoms with Gasteiger partial charge in [-0.25, -0.2) is 18.6 Å². The van der Waals surface area contributed by atoms with Crippen LogP contribution in [0, 0.1) is 18.6 Å². The lowest BCUT2D eigenvalue weighted by Gasteiger charge is -2.38. The number of carboxylic acid groups (broad SMARTS) is 1. The number of nitrogens with two attached hydrogens (primary N) is 2. The normalized spacial score (nSPS) is 14.3. The topological polar surface area (TPSA) is 127 Å². The van der Waals surface area contributed by atoms with Crippen LogP contribution in [-0.4, -0.2) is 39.8 Å². The van der Waals surface area contributed by atoms with Crippen LogP contribution in [0.5, 0.6) is 0 Å². The van der Waals surface area contributed by atoms with E-state index in [-0.39, 0.29) is 28.6 Å². The Morgan fingerprint density at radius 1 is 1.24 bits per heavy atom. The van der Waals surface area contributed by atoms with Gasteiger partial charge in [-0.05, 0) is 30.7 Å². The average Bonchev–Trinajstić information content (AvgIpc) is 2.63. The van der Waals surface area contributed by atoms with E-state index in [1.54, 1.807) is 11.8 Å². The molecule has 0 bridgehead atoms. The maximum Gasteiger partial charge on any atom is 0.341 e. The van der Waals surface area contributed by atoms with E-state index < -0.39 is 28.6 Å². The van der Waals surface area contributed by atoms with Gasteiger partial charge in [-0.15, -0.1) is 0 Å². The molecule has 0 aliphatic carbocycles. The number of nitrogen functional groups attached to an aromatic ring is 1. The Balaban J connectivity index is 2.07. The fourth-order valence-corrected chi connectivity index (χ4v) is 3.39. The molecular weight excluding hydrogens is 384 g/mol. The number of aryl methyl sites for hydroxylation is 1. The summed E-state index contributed by atoms with van der Waals surface area (Å²) in [5, 5.41) is 9.21. The molecule has 2 aromatic heterocycles. The lowest BCUT2D eigenvalue weighted by Crippen LogP contribution is -2.56. The van der Waals surface area contributed by atoms with Crippen molar-refractivity contribution in [3.8, 4) is 5.69 Å². The Morgan fingerprint density at radius 3 is 2.55 bits per heavy atom. The van der Waals surface area contributed by atoms with Crippen LogP contribution in [-0.2, 0) is 0 Å². The number of aromatic nitrogens is 2. The quantitative estimate of drug-likeness (QED) is 0.566. The van der Waals surface area contributed by atoms with Crippen molar-refractivity contribution in [2.45, 2.75) is 13.0 Å². The highest BCUT2D eigenvalue weighted by Crippen LogP contribution is 2.28. The average molecular weight is 401 g/mol. The van der Waals surface area contributed by atoms with Crippen molar-refractivity contribution in [2.24, 2.45) is 5.73 Å². The Bertz CT molecular complexity index is 1230. The van der Waals surface area contributed by atoms with E-state index in [0.29, 0.717) is 24.3 Å². The van der Waals surface area contributed by atoms with Gasteiger partial charge in [0.05, 0.1) is 16.8 Å². The number of rotatable bonds is 3. The number of fused-ring (bicyclic) bond motifs is 1. The minimum Gasteiger partial charge on any atom is -0.477 e. The molecule has 8 nitrogen and oxygen atoms in total. The fourth-order valence-electron chi connectivity index (χ4n) is 3.39. The molecule has 3 aromatic rings. The summed E-state index contributed by atoms with van der Waals surface area (Å²) < 4.78 is 29.8. The van der Waals surface area contributed by atoms with Gasteiger partial charge in [-0.2, -0.15) is 0 Å². The highest BCUT2D eigenvalue weighted by Gasteiger charge is 2.28. The smallest absolute Gasteiger partial charge is 0.341 e. The van der Waals surface area contributed by atoms with E-state index in [0.717, 1.165) is 12.3 Å². The number of nitrogens with zero attached hydrogens (tertiary/aromatic N) is 3. The van der Waals surface area contributed by atoms with E-state index in [9.17, 15) is 23.5 Å². The van der Waals surface area contributed by atoms with Crippen LogP contribution >= 0.6 is 0 Å². The Labute approximate surface area is 163 Å². The summed E-state index contributed by atoms with van der Waals surface area (Å²) in [5.74, 6) is -2.87. The lowest BCUT2D eigenvalue weighted by atomic mass is 10.1. The molecule has 0 saturated carbocycles. The zero-order valence-corrected chi connectivity index (χ0v) is 15.3. The second kappa shape index (κ2) is 6.52. The lowest BCUT2D eigenvalue weighted by molar-refractivity contribution is 0.0695. The summed E-state index contributed by atoms with van der Waals surface area (Å²) in [7, 11) is 0. The molecule has 0 radical (unpaired) electrons. The van der Waals surface area contributed by atoms with Crippen molar-refractivity contribution >= 4 is 28.5 Å². The van der Waals surface area contributed by atoms with Crippen molar-refractivity contribution in [2.75, 3.05) is 23.7 Å². The molecule has 0 amide bonds. The zero-order chi connectivity index (χ0) is 21.0.